The van der Waals surface area contributed by atoms with Crippen LogP contribution in [-0.4, -0.2) is 33.7 Å². The topological polar surface area (TPSA) is 98.3 Å². The van der Waals surface area contributed by atoms with Crippen LogP contribution >= 0.6 is 0 Å². The highest BCUT2D eigenvalue weighted by molar-refractivity contribution is 7.89. The average molecular weight is 493 g/mol. The zero-order valence-corrected chi connectivity index (χ0v) is 21.2. The number of rotatable bonds is 7. The Morgan fingerprint density at radius 1 is 1.00 bits per heavy atom. The van der Waals surface area contributed by atoms with Crippen LogP contribution in [0.15, 0.2) is 74.9 Å². The van der Waals surface area contributed by atoms with Gasteiger partial charge in [-0.1, -0.05) is 47.6 Å². The van der Waals surface area contributed by atoms with Gasteiger partial charge in [-0.3, -0.25) is 4.79 Å². The van der Waals surface area contributed by atoms with Crippen molar-refractivity contribution >= 4 is 10.0 Å². The van der Waals surface area contributed by atoms with E-state index >= 15 is 0 Å². The molecule has 0 N–H and O–H groups in total. The third-order valence-corrected chi connectivity index (χ3v) is 8.00. The SMILES string of the molecule is Cc1ccc(-c2ccc(=O)n(-c3c(C)noc3C)n2)cc1S(=O)(=O)N(Cc1ccccc1)C(C)C. The largest absolute Gasteiger partial charge is 0.359 e. The summed E-state index contributed by atoms with van der Waals surface area (Å²) in [4.78, 5) is 12.8. The van der Waals surface area contributed by atoms with E-state index < -0.39 is 10.0 Å². The van der Waals surface area contributed by atoms with Crippen LogP contribution in [0, 0.1) is 20.8 Å². The van der Waals surface area contributed by atoms with Crippen molar-refractivity contribution < 1.29 is 12.9 Å². The first-order valence-corrected chi connectivity index (χ1v) is 12.7. The predicted molar refractivity (Wildman–Crippen MR) is 134 cm³/mol. The molecule has 2 heterocycles. The van der Waals surface area contributed by atoms with Crippen molar-refractivity contribution in [2.45, 2.75) is 52.1 Å². The first kappa shape index (κ1) is 24.6. The van der Waals surface area contributed by atoms with E-state index in [1.54, 1.807) is 45.0 Å². The quantitative estimate of drug-likeness (QED) is 0.379. The summed E-state index contributed by atoms with van der Waals surface area (Å²) in [5, 5.41) is 8.41. The van der Waals surface area contributed by atoms with Crippen molar-refractivity contribution in [1.29, 1.82) is 0 Å². The third kappa shape index (κ3) is 4.82. The molecule has 9 heteroatoms. The molecule has 4 aromatic rings. The number of aryl methyl sites for hydroxylation is 3. The molecule has 0 aliphatic carbocycles. The maximum Gasteiger partial charge on any atom is 0.271 e. The maximum absolute atomic E-state index is 13.8. The van der Waals surface area contributed by atoms with Gasteiger partial charge in [0.15, 0.2) is 5.76 Å². The smallest absolute Gasteiger partial charge is 0.271 e. The molecule has 2 aromatic heterocycles. The van der Waals surface area contributed by atoms with Crippen LogP contribution < -0.4 is 5.56 Å². The second kappa shape index (κ2) is 9.59. The van der Waals surface area contributed by atoms with Gasteiger partial charge < -0.3 is 4.52 Å². The van der Waals surface area contributed by atoms with E-state index in [1.807, 2.05) is 44.2 Å². The lowest BCUT2D eigenvalue weighted by Crippen LogP contribution is -2.36. The Bertz CT molecular complexity index is 1500. The van der Waals surface area contributed by atoms with E-state index in [9.17, 15) is 13.2 Å². The molecule has 0 atom stereocenters. The lowest BCUT2D eigenvalue weighted by molar-refractivity contribution is 0.348. The minimum absolute atomic E-state index is 0.205. The Labute approximate surface area is 204 Å². The number of nitrogens with zero attached hydrogens (tertiary/aromatic N) is 4. The molecule has 0 aliphatic heterocycles. The second-order valence-electron chi connectivity index (χ2n) is 8.75. The third-order valence-electron chi connectivity index (χ3n) is 5.84. The van der Waals surface area contributed by atoms with E-state index in [0.717, 1.165) is 5.56 Å². The van der Waals surface area contributed by atoms with Crippen LogP contribution in [-0.2, 0) is 16.6 Å². The lowest BCUT2D eigenvalue weighted by atomic mass is 10.1. The molecule has 0 fully saturated rings. The zero-order valence-electron chi connectivity index (χ0n) is 20.4. The van der Waals surface area contributed by atoms with E-state index in [-0.39, 0.29) is 23.0 Å². The Kier molecular flexibility index (Phi) is 6.73. The summed E-state index contributed by atoms with van der Waals surface area (Å²) >= 11 is 0. The van der Waals surface area contributed by atoms with Gasteiger partial charge in [0, 0.05) is 24.2 Å². The standard InChI is InChI=1S/C26H28N4O4S/c1-17(2)29(16-21-9-7-6-8-10-21)35(32,33)24-15-22(12-11-18(24)3)23-13-14-25(31)30(27-23)26-19(4)28-34-20(26)5/h6-15,17H,16H2,1-5H3. The molecule has 0 radical (unpaired) electrons. The molecular formula is C26H28N4O4S. The maximum atomic E-state index is 13.8. The van der Waals surface area contributed by atoms with Gasteiger partial charge in [0.2, 0.25) is 10.0 Å². The molecule has 4 rings (SSSR count). The number of hydrogen-bond donors (Lipinski definition) is 0. The lowest BCUT2D eigenvalue weighted by Gasteiger charge is -2.27. The summed E-state index contributed by atoms with van der Waals surface area (Å²) in [6.07, 6.45) is 0. The predicted octanol–water partition coefficient (Wildman–Crippen LogP) is 4.41. The van der Waals surface area contributed by atoms with Crippen molar-refractivity contribution in [2.24, 2.45) is 0 Å². The summed E-state index contributed by atoms with van der Waals surface area (Å²) in [5.74, 6) is 0.468. The van der Waals surface area contributed by atoms with Crippen LogP contribution in [0.4, 0.5) is 0 Å². The average Bonchev–Trinajstić information content (AvgIpc) is 3.16. The van der Waals surface area contributed by atoms with Gasteiger partial charge in [-0.05, 0) is 57.9 Å². The van der Waals surface area contributed by atoms with Crippen LogP contribution in [0.25, 0.3) is 16.9 Å². The fourth-order valence-electron chi connectivity index (χ4n) is 3.98. The van der Waals surface area contributed by atoms with Gasteiger partial charge >= 0.3 is 0 Å². The van der Waals surface area contributed by atoms with E-state index in [2.05, 4.69) is 10.3 Å². The highest BCUT2D eigenvalue weighted by Gasteiger charge is 2.29. The molecule has 8 nitrogen and oxygen atoms in total. The van der Waals surface area contributed by atoms with Crippen molar-refractivity contribution in [2.75, 3.05) is 0 Å². The molecule has 0 aliphatic rings. The first-order chi connectivity index (χ1) is 16.6. The number of hydrogen-bond acceptors (Lipinski definition) is 6. The summed E-state index contributed by atoms with van der Waals surface area (Å²) in [7, 11) is -3.82. The number of aromatic nitrogens is 3. The highest BCUT2D eigenvalue weighted by atomic mass is 32.2. The number of benzene rings is 2. The molecule has 0 bridgehead atoms. The summed E-state index contributed by atoms with van der Waals surface area (Å²) < 4.78 is 35.5. The van der Waals surface area contributed by atoms with E-state index in [0.29, 0.717) is 34.0 Å². The molecule has 0 unspecified atom stereocenters. The first-order valence-electron chi connectivity index (χ1n) is 11.3. The van der Waals surface area contributed by atoms with Crippen molar-refractivity contribution in [1.82, 2.24) is 19.2 Å². The van der Waals surface area contributed by atoms with Crippen LogP contribution in [0.5, 0.6) is 0 Å². The zero-order chi connectivity index (χ0) is 25.3. The minimum atomic E-state index is -3.82. The normalized spacial score (nSPS) is 12.0. The van der Waals surface area contributed by atoms with Gasteiger partial charge in [0.1, 0.15) is 11.4 Å². The minimum Gasteiger partial charge on any atom is -0.359 e. The molecule has 0 saturated heterocycles. The van der Waals surface area contributed by atoms with Gasteiger partial charge in [0.25, 0.3) is 5.56 Å². The van der Waals surface area contributed by atoms with Crippen LogP contribution in [0.1, 0.15) is 36.4 Å². The summed E-state index contributed by atoms with van der Waals surface area (Å²) in [5.41, 5.74) is 3.26. The molecule has 35 heavy (non-hydrogen) atoms. The Morgan fingerprint density at radius 3 is 2.34 bits per heavy atom. The molecule has 182 valence electrons. The van der Waals surface area contributed by atoms with Gasteiger partial charge in [-0.15, -0.1) is 0 Å². The molecule has 0 saturated carbocycles. The van der Waals surface area contributed by atoms with Crippen molar-refractivity contribution in [3.63, 3.8) is 0 Å². The van der Waals surface area contributed by atoms with Gasteiger partial charge in [-0.2, -0.15) is 14.1 Å². The van der Waals surface area contributed by atoms with Crippen LogP contribution in [0.3, 0.4) is 0 Å². The summed E-state index contributed by atoms with van der Waals surface area (Å²) in [6.45, 7) is 9.20. The van der Waals surface area contributed by atoms with E-state index in [1.165, 1.54) is 15.1 Å². The van der Waals surface area contributed by atoms with E-state index in [4.69, 9.17) is 4.52 Å². The molecule has 0 amide bonds. The highest BCUT2D eigenvalue weighted by Crippen LogP contribution is 2.28. The summed E-state index contributed by atoms with van der Waals surface area (Å²) in [6, 6.07) is 17.4. The Hall–Kier alpha value is -3.56. The van der Waals surface area contributed by atoms with Crippen LogP contribution in [0.2, 0.25) is 0 Å². The fourth-order valence-corrected chi connectivity index (χ4v) is 5.86. The van der Waals surface area contributed by atoms with Gasteiger partial charge in [-0.25, -0.2) is 8.42 Å². The second-order valence-corrected chi connectivity index (χ2v) is 10.6. The molecule has 0 spiro atoms. The number of sulfonamides is 1. The Balaban J connectivity index is 1.79. The van der Waals surface area contributed by atoms with Crippen molar-refractivity contribution in [3.05, 3.63) is 93.6 Å². The van der Waals surface area contributed by atoms with Gasteiger partial charge in [0.05, 0.1) is 10.6 Å². The monoisotopic (exact) mass is 492 g/mol. The molecule has 2 aromatic carbocycles. The fraction of sp³-hybridized carbons (Fsp3) is 0.269. The van der Waals surface area contributed by atoms with Crippen molar-refractivity contribution in [3.8, 4) is 16.9 Å². The molecular weight excluding hydrogens is 464 g/mol. The Morgan fingerprint density at radius 2 is 1.71 bits per heavy atom.